The molecule has 1 heterocycles. The first-order valence-electron chi connectivity index (χ1n) is 6.74. The zero-order chi connectivity index (χ0) is 12.4. The summed E-state index contributed by atoms with van der Waals surface area (Å²) in [5, 5.41) is 4.88. The Morgan fingerprint density at radius 2 is 2.28 bits per heavy atom. The Morgan fingerprint density at radius 3 is 3.06 bits per heavy atom. The fourth-order valence-corrected chi connectivity index (χ4v) is 2.37. The monoisotopic (exact) mass is 244 g/mol. The number of aryl methyl sites for hydroxylation is 1. The van der Waals surface area contributed by atoms with Crippen LogP contribution in [0.4, 0.5) is 0 Å². The quantitative estimate of drug-likeness (QED) is 0.767. The average Bonchev–Trinajstić information content (AvgIpc) is 3.14. The van der Waals surface area contributed by atoms with Gasteiger partial charge in [0.25, 0.3) is 0 Å². The molecule has 1 aliphatic carbocycles. The van der Waals surface area contributed by atoms with E-state index >= 15 is 0 Å². The van der Waals surface area contributed by atoms with Crippen molar-refractivity contribution in [1.29, 1.82) is 0 Å². The molecule has 0 radical (unpaired) electrons. The van der Waals surface area contributed by atoms with Gasteiger partial charge in [-0.25, -0.2) is 0 Å². The number of H-pyrrole nitrogens is 1. The van der Waals surface area contributed by atoms with Crippen molar-refractivity contribution in [2.45, 2.75) is 31.7 Å². The smallest absolute Gasteiger partial charge is 0.120 e. The number of aromatic amines is 1. The summed E-state index contributed by atoms with van der Waals surface area (Å²) in [4.78, 5) is 3.32. The second-order valence-corrected chi connectivity index (χ2v) is 5.06. The van der Waals surface area contributed by atoms with Crippen LogP contribution in [-0.4, -0.2) is 24.7 Å². The van der Waals surface area contributed by atoms with Gasteiger partial charge in [-0.3, -0.25) is 0 Å². The highest BCUT2D eigenvalue weighted by atomic mass is 16.5. The summed E-state index contributed by atoms with van der Waals surface area (Å²) in [7, 11) is 1.70. The number of hydrogen-bond donors (Lipinski definition) is 2. The molecule has 1 fully saturated rings. The van der Waals surface area contributed by atoms with Crippen LogP contribution in [0.2, 0.25) is 0 Å². The number of hydrogen-bond acceptors (Lipinski definition) is 2. The topological polar surface area (TPSA) is 37.0 Å². The third kappa shape index (κ3) is 2.51. The van der Waals surface area contributed by atoms with Crippen LogP contribution in [-0.2, 0) is 6.42 Å². The van der Waals surface area contributed by atoms with Gasteiger partial charge in [0.05, 0.1) is 7.11 Å². The molecule has 0 unspecified atom stereocenters. The fraction of sp³-hybridized carbons (Fsp3) is 0.467. The Bertz CT molecular complexity index is 528. The van der Waals surface area contributed by atoms with Crippen LogP contribution < -0.4 is 10.1 Å². The number of methoxy groups -OCH3 is 1. The average molecular weight is 244 g/mol. The minimum atomic E-state index is 0.817. The molecule has 1 saturated carbocycles. The van der Waals surface area contributed by atoms with E-state index in [-0.39, 0.29) is 0 Å². The van der Waals surface area contributed by atoms with Crippen molar-refractivity contribution in [3.05, 3.63) is 30.0 Å². The molecule has 2 aromatic rings. The molecule has 1 aromatic heterocycles. The Balaban J connectivity index is 1.63. The highest BCUT2D eigenvalue weighted by Crippen LogP contribution is 2.24. The molecule has 0 saturated heterocycles. The van der Waals surface area contributed by atoms with E-state index in [0.29, 0.717) is 0 Å². The lowest BCUT2D eigenvalue weighted by molar-refractivity contribution is 0.415. The maximum Gasteiger partial charge on any atom is 0.120 e. The molecular weight excluding hydrogens is 224 g/mol. The van der Waals surface area contributed by atoms with Gasteiger partial charge in [-0.05, 0) is 49.9 Å². The second-order valence-electron chi connectivity index (χ2n) is 5.06. The summed E-state index contributed by atoms with van der Waals surface area (Å²) < 4.78 is 5.23. The van der Waals surface area contributed by atoms with E-state index < -0.39 is 0 Å². The van der Waals surface area contributed by atoms with Crippen molar-refractivity contribution in [2.24, 2.45) is 0 Å². The van der Waals surface area contributed by atoms with Gasteiger partial charge in [0.15, 0.2) is 0 Å². The van der Waals surface area contributed by atoms with Crippen LogP contribution in [0.5, 0.6) is 5.75 Å². The van der Waals surface area contributed by atoms with E-state index in [1.54, 1.807) is 7.11 Å². The fourth-order valence-electron chi connectivity index (χ4n) is 2.37. The summed E-state index contributed by atoms with van der Waals surface area (Å²) in [5.41, 5.74) is 2.57. The summed E-state index contributed by atoms with van der Waals surface area (Å²) in [6.07, 6.45) is 7.20. The number of nitrogens with one attached hydrogen (secondary N) is 2. The molecule has 3 heteroatoms. The second kappa shape index (κ2) is 5.02. The van der Waals surface area contributed by atoms with Crippen LogP contribution >= 0.6 is 0 Å². The first-order valence-corrected chi connectivity index (χ1v) is 6.74. The third-order valence-electron chi connectivity index (χ3n) is 3.61. The van der Waals surface area contributed by atoms with Crippen LogP contribution in [0.3, 0.4) is 0 Å². The molecule has 18 heavy (non-hydrogen) atoms. The van der Waals surface area contributed by atoms with Crippen molar-refractivity contribution in [1.82, 2.24) is 10.3 Å². The van der Waals surface area contributed by atoms with E-state index in [4.69, 9.17) is 4.74 Å². The zero-order valence-electron chi connectivity index (χ0n) is 10.8. The van der Waals surface area contributed by atoms with E-state index in [0.717, 1.165) is 24.8 Å². The molecule has 96 valence electrons. The minimum Gasteiger partial charge on any atom is -0.497 e. The lowest BCUT2D eigenvalue weighted by atomic mass is 10.1. The van der Waals surface area contributed by atoms with Crippen LogP contribution in [0.15, 0.2) is 24.4 Å². The molecule has 0 amide bonds. The first kappa shape index (κ1) is 11.6. The number of benzene rings is 1. The summed E-state index contributed by atoms with van der Waals surface area (Å²) in [6.45, 7) is 1.13. The highest BCUT2D eigenvalue weighted by molar-refractivity contribution is 5.84. The SMILES string of the molecule is COc1ccc2c(CCCNC3CC3)c[nH]c2c1. The Labute approximate surface area is 108 Å². The lowest BCUT2D eigenvalue weighted by Crippen LogP contribution is -2.17. The lowest BCUT2D eigenvalue weighted by Gasteiger charge is -2.03. The van der Waals surface area contributed by atoms with Gasteiger partial charge in [0.2, 0.25) is 0 Å². The van der Waals surface area contributed by atoms with Crippen LogP contribution in [0, 0.1) is 0 Å². The molecule has 0 atom stereocenters. The number of aromatic nitrogens is 1. The van der Waals surface area contributed by atoms with Gasteiger partial charge in [-0.2, -0.15) is 0 Å². The summed E-state index contributed by atoms with van der Waals surface area (Å²) in [5.74, 6) is 0.909. The van der Waals surface area contributed by atoms with E-state index in [9.17, 15) is 0 Å². The Hall–Kier alpha value is -1.48. The van der Waals surface area contributed by atoms with Crippen molar-refractivity contribution in [2.75, 3.05) is 13.7 Å². The molecule has 1 aliphatic rings. The molecular formula is C15H20N2O. The van der Waals surface area contributed by atoms with E-state index in [1.807, 2.05) is 6.07 Å². The summed E-state index contributed by atoms with van der Waals surface area (Å²) in [6, 6.07) is 7.05. The van der Waals surface area contributed by atoms with Crippen molar-refractivity contribution >= 4 is 10.9 Å². The van der Waals surface area contributed by atoms with Crippen molar-refractivity contribution in [3.8, 4) is 5.75 Å². The molecule has 0 aliphatic heterocycles. The van der Waals surface area contributed by atoms with Gasteiger partial charge in [0.1, 0.15) is 5.75 Å². The van der Waals surface area contributed by atoms with Gasteiger partial charge < -0.3 is 15.0 Å². The van der Waals surface area contributed by atoms with Gasteiger partial charge in [-0.15, -0.1) is 0 Å². The van der Waals surface area contributed by atoms with Crippen molar-refractivity contribution in [3.63, 3.8) is 0 Å². The predicted molar refractivity (Wildman–Crippen MR) is 74.2 cm³/mol. The molecule has 3 rings (SSSR count). The third-order valence-corrected chi connectivity index (χ3v) is 3.61. The number of fused-ring (bicyclic) bond motifs is 1. The maximum absolute atomic E-state index is 5.23. The molecule has 3 nitrogen and oxygen atoms in total. The number of ether oxygens (including phenoxy) is 1. The standard InChI is InChI=1S/C15H20N2O/c1-18-13-6-7-14-11(10-17-15(14)9-13)3-2-8-16-12-4-5-12/h6-7,9-10,12,16-17H,2-5,8H2,1H3. The minimum absolute atomic E-state index is 0.817. The Morgan fingerprint density at radius 1 is 1.39 bits per heavy atom. The first-order chi connectivity index (χ1) is 8.86. The molecule has 0 bridgehead atoms. The Kier molecular flexibility index (Phi) is 3.24. The predicted octanol–water partition coefficient (Wildman–Crippen LogP) is 2.86. The molecule has 2 N–H and O–H groups in total. The number of rotatable bonds is 6. The van der Waals surface area contributed by atoms with E-state index in [1.165, 1.54) is 35.7 Å². The van der Waals surface area contributed by atoms with Gasteiger partial charge in [-0.1, -0.05) is 0 Å². The van der Waals surface area contributed by atoms with Crippen LogP contribution in [0.1, 0.15) is 24.8 Å². The molecule has 1 aromatic carbocycles. The van der Waals surface area contributed by atoms with Crippen molar-refractivity contribution < 1.29 is 4.74 Å². The normalized spacial score (nSPS) is 15.2. The zero-order valence-corrected chi connectivity index (χ0v) is 10.8. The van der Waals surface area contributed by atoms with Gasteiger partial charge >= 0.3 is 0 Å². The maximum atomic E-state index is 5.23. The highest BCUT2D eigenvalue weighted by Gasteiger charge is 2.19. The largest absolute Gasteiger partial charge is 0.497 e. The van der Waals surface area contributed by atoms with Gasteiger partial charge in [0, 0.05) is 29.2 Å². The van der Waals surface area contributed by atoms with E-state index in [2.05, 4.69) is 28.6 Å². The van der Waals surface area contributed by atoms with Crippen LogP contribution in [0.25, 0.3) is 10.9 Å². The summed E-state index contributed by atoms with van der Waals surface area (Å²) >= 11 is 0. The molecule has 0 spiro atoms.